The second kappa shape index (κ2) is 5.20. The molecular weight excluding hydrogens is 274 g/mol. The summed E-state index contributed by atoms with van der Waals surface area (Å²) in [6.45, 7) is 6.31. The largest absolute Gasteiger partial charge is 0.293 e. The minimum absolute atomic E-state index is 0.0612. The first-order chi connectivity index (χ1) is 10.7. The average molecular weight is 297 g/mol. The summed E-state index contributed by atoms with van der Waals surface area (Å²) in [5.74, 6) is 0.714. The highest BCUT2D eigenvalue weighted by Crippen LogP contribution is 2.43. The van der Waals surface area contributed by atoms with Crippen LogP contribution in [0.25, 0.3) is 0 Å². The fourth-order valence-corrected chi connectivity index (χ4v) is 4.18. The molecule has 0 aliphatic carbocycles. The molecule has 2 atom stereocenters. The van der Waals surface area contributed by atoms with Crippen molar-refractivity contribution in [3.05, 3.63) is 35.4 Å². The lowest BCUT2D eigenvalue weighted by molar-refractivity contribution is -0.133. The number of hydrazone groups is 1. The molecule has 0 unspecified atom stereocenters. The molecule has 1 amide bonds. The summed E-state index contributed by atoms with van der Waals surface area (Å²) in [4.78, 5) is 15.0. The van der Waals surface area contributed by atoms with Crippen molar-refractivity contribution in [2.45, 2.75) is 45.2 Å². The molecule has 22 heavy (non-hydrogen) atoms. The highest BCUT2D eigenvalue weighted by Gasteiger charge is 2.50. The van der Waals surface area contributed by atoms with Crippen LogP contribution < -0.4 is 0 Å². The number of piperidine rings is 3. The Kier molecular flexibility index (Phi) is 3.30. The van der Waals surface area contributed by atoms with Crippen molar-refractivity contribution in [1.82, 2.24) is 9.91 Å². The van der Waals surface area contributed by atoms with Crippen LogP contribution in [0.5, 0.6) is 0 Å². The summed E-state index contributed by atoms with van der Waals surface area (Å²) in [5.41, 5.74) is 3.72. The van der Waals surface area contributed by atoms with Crippen LogP contribution in [0.4, 0.5) is 0 Å². The Labute approximate surface area is 131 Å². The predicted molar refractivity (Wildman–Crippen MR) is 86.6 cm³/mol. The topological polar surface area (TPSA) is 35.9 Å². The summed E-state index contributed by atoms with van der Waals surface area (Å²) in [5, 5.41) is 6.58. The molecule has 0 aromatic heterocycles. The Morgan fingerprint density at radius 3 is 2.50 bits per heavy atom. The quantitative estimate of drug-likeness (QED) is 0.841. The fourth-order valence-electron chi connectivity index (χ4n) is 4.18. The second-order valence-electron chi connectivity index (χ2n) is 6.73. The number of fused-ring (bicyclic) bond motifs is 2. The molecule has 0 N–H and O–H groups in total. The summed E-state index contributed by atoms with van der Waals surface area (Å²) in [7, 11) is 0. The molecule has 1 aromatic carbocycles. The molecule has 4 heteroatoms. The van der Waals surface area contributed by atoms with Crippen molar-refractivity contribution in [1.29, 1.82) is 0 Å². The fraction of sp³-hybridized carbons (Fsp3) is 0.556. The van der Waals surface area contributed by atoms with Gasteiger partial charge in [0.15, 0.2) is 0 Å². The van der Waals surface area contributed by atoms with E-state index in [0.29, 0.717) is 18.4 Å². The van der Waals surface area contributed by atoms with Gasteiger partial charge in [-0.1, -0.05) is 36.8 Å². The van der Waals surface area contributed by atoms with Gasteiger partial charge in [-0.05, 0) is 38.4 Å². The van der Waals surface area contributed by atoms with E-state index in [1.807, 2.05) is 6.92 Å². The molecule has 4 heterocycles. The zero-order valence-corrected chi connectivity index (χ0v) is 13.3. The third-order valence-electron chi connectivity index (χ3n) is 5.41. The highest BCUT2D eigenvalue weighted by atomic mass is 16.2. The van der Waals surface area contributed by atoms with Gasteiger partial charge in [0, 0.05) is 12.3 Å². The lowest BCUT2D eigenvalue weighted by Crippen LogP contribution is -2.56. The number of carbonyl (C=O) groups excluding carboxylic acids is 1. The molecule has 0 spiro atoms. The van der Waals surface area contributed by atoms with Crippen LogP contribution in [0.1, 0.15) is 43.4 Å². The van der Waals surface area contributed by atoms with Crippen molar-refractivity contribution >= 4 is 11.6 Å². The number of carbonyl (C=O) groups is 1. The van der Waals surface area contributed by atoms with E-state index in [9.17, 15) is 4.79 Å². The maximum atomic E-state index is 12.4. The van der Waals surface area contributed by atoms with E-state index in [1.54, 1.807) is 5.01 Å². The lowest BCUT2D eigenvalue weighted by Gasteiger charge is -2.46. The number of aryl methyl sites for hydroxylation is 1. The molecule has 3 fully saturated rings. The molecule has 0 radical (unpaired) electrons. The van der Waals surface area contributed by atoms with Crippen LogP contribution in [-0.2, 0) is 4.79 Å². The predicted octanol–water partition coefficient (Wildman–Crippen LogP) is 2.74. The van der Waals surface area contributed by atoms with E-state index in [4.69, 9.17) is 5.10 Å². The normalized spacial score (nSPS) is 32.8. The van der Waals surface area contributed by atoms with Gasteiger partial charge in [-0.2, -0.15) is 5.10 Å². The van der Waals surface area contributed by atoms with Crippen LogP contribution in [0.2, 0.25) is 0 Å². The van der Waals surface area contributed by atoms with Crippen molar-refractivity contribution < 1.29 is 4.79 Å². The van der Waals surface area contributed by atoms with Gasteiger partial charge in [-0.15, -0.1) is 0 Å². The molecule has 3 saturated heterocycles. The monoisotopic (exact) mass is 297 g/mol. The Hall–Kier alpha value is -1.68. The second-order valence-corrected chi connectivity index (χ2v) is 6.73. The van der Waals surface area contributed by atoms with Gasteiger partial charge in [0.05, 0.1) is 11.8 Å². The van der Waals surface area contributed by atoms with Crippen LogP contribution in [0.3, 0.4) is 0 Å². The summed E-state index contributed by atoms with van der Waals surface area (Å²) in [6.07, 6.45) is 2.91. The van der Waals surface area contributed by atoms with E-state index in [0.717, 1.165) is 13.1 Å². The lowest BCUT2D eigenvalue weighted by atomic mass is 9.78. The van der Waals surface area contributed by atoms with Crippen molar-refractivity contribution in [2.24, 2.45) is 11.0 Å². The Balaban J connectivity index is 1.76. The van der Waals surface area contributed by atoms with Crippen molar-refractivity contribution in [3.8, 4) is 0 Å². The summed E-state index contributed by atoms with van der Waals surface area (Å²) >= 11 is 0. The van der Waals surface area contributed by atoms with Crippen LogP contribution >= 0.6 is 0 Å². The first-order valence-corrected chi connectivity index (χ1v) is 8.40. The first-order valence-electron chi connectivity index (χ1n) is 8.40. The molecule has 4 nitrogen and oxygen atoms in total. The van der Waals surface area contributed by atoms with Gasteiger partial charge in [0.25, 0.3) is 0 Å². The number of benzene rings is 1. The molecule has 2 bridgehead atoms. The highest BCUT2D eigenvalue weighted by molar-refractivity contribution is 5.97. The van der Waals surface area contributed by atoms with Gasteiger partial charge in [-0.3, -0.25) is 9.69 Å². The van der Waals surface area contributed by atoms with E-state index < -0.39 is 0 Å². The number of amides is 1. The number of hydrogen-bond donors (Lipinski definition) is 0. The van der Waals surface area contributed by atoms with Gasteiger partial charge in [0.1, 0.15) is 6.04 Å². The minimum Gasteiger partial charge on any atom is -0.293 e. The Morgan fingerprint density at radius 1 is 1.18 bits per heavy atom. The van der Waals surface area contributed by atoms with Crippen molar-refractivity contribution in [2.75, 3.05) is 13.1 Å². The first kappa shape index (κ1) is 13.9. The SMILES string of the molecule is CCC(=O)N1N=C2C3CCN(CC3)[C@@H]2[C@@H]1c1ccc(C)cc1. The van der Waals surface area contributed by atoms with Crippen LogP contribution in [0.15, 0.2) is 29.4 Å². The Morgan fingerprint density at radius 2 is 1.86 bits per heavy atom. The van der Waals surface area contributed by atoms with Crippen molar-refractivity contribution in [3.63, 3.8) is 0 Å². The summed E-state index contributed by atoms with van der Waals surface area (Å²) in [6, 6.07) is 8.96. The standard InChI is InChI=1S/C18H23N3O/c1-3-15(22)21-17(14-6-4-12(2)5-7-14)18-16(19-21)13-8-10-20(18)11-9-13/h4-7,13,17-18H,3,8-11H2,1-2H3/t17-,18-/m0/s1. The summed E-state index contributed by atoms with van der Waals surface area (Å²) < 4.78 is 0. The van der Waals surface area contributed by atoms with Gasteiger partial charge in [0.2, 0.25) is 5.91 Å². The van der Waals surface area contributed by atoms with E-state index in [-0.39, 0.29) is 11.9 Å². The maximum absolute atomic E-state index is 12.4. The molecule has 4 aliphatic rings. The van der Waals surface area contributed by atoms with E-state index in [2.05, 4.69) is 36.1 Å². The van der Waals surface area contributed by atoms with Gasteiger partial charge in [-0.25, -0.2) is 5.01 Å². The molecule has 5 rings (SSSR count). The zero-order chi connectivity index (χ0) is 15.3. The third-order valence-corrected chi connectivity index (χ3v) is 5.41. The van der Waals surface area contributed by atoms with Gasteiger partial charge >= 0.3 is 0 Å². The van der Waals surface area contributed by atoms with Crippen LogP contribution in [0, 0.1) is 12.8 Å². The maximum Gasteiger partial charge on any atom is 0.243 e. The number of hydrogen-bond acceptors (Lipinski definition) is 3. The smallest absolute Gasteiger partial charge is 0.243 e. The Bertz CT molecular complexity index is 614. The molecule has 116 valence electrons. The van der Waals surface area contributed by atoms with E-state index in [1.165, 1.54) is 29.7 Å². The third kappa shape index (κ3) is 2.01. The number of nitrogens with zero attached hydrogens (tertiary/aromatic N) is 3. The number of rotatable bonds is 2. The van der Waals surface area contributed by atoms with Gasteiger partial charge < -0.3 is 0 Å². The molecule has 0 saturated carbocycles. The average Bonchev–Trinajstić information content (AvgIpc) is 2.98. The van der Waals surface area contributed by atoms with Crippen LogP contribution in [-0.4, -0.2) is 40.7 Å². The molecule has 1 aromatic rings. The van der Waals surface area contributed by atoms with E-state index >= 15 is 0 Å². The molecular formula is C18H23N3O. The zero-order valence-electron chi connectivity index (χ0n) is 13.3. The minimum atomic E-state index is 0.0612. The molecule has 4 aliphatic heterocycles.